The fourth-order valence-corrected chi connectivity index (χ4v) is 2.45. The number of carbonyl (C=O) groups is 2. The highest BCUT2D eigenvalue weighted by Gasteiger charge is 2.32. The van der Waals surface area contributed by atoms with Crippen LogP contribution in [0.2, 0.25) is 0 Å². The molecule has 138 valence electrons. The van der Waals surface area contributed by atoms with E-state index in [1.54, 1.807) is 26.0 Å². The van der Waals surface area contributed by atoms with Gasteiger partial charge in [0.2, 0.25) is 0 Å². The largest absolute Gasteiger partial charge is 0.474 e. The molecule has 2 heterocycles. The fraction of sp³-hybridized carbons (Fsp3) is 0.294. The molecule has 1 atom stereocenters. The van der Waals surface area contributed by atoms with Crippen molar-refractivity contribution in [2.75, 3.05) is 0 Å². The maximum Gasteiger partial charge on any atom is 0.417 e. The summed E-state index contributed by atoms with van der Waals surface area (Å²) in [6.07, 6.45) is -2.37. The number of aryl methyl sites for hydroxylation is 1. The van der Waals surface area contributed by atoms with Gasteiger partial charge >= 0.3 is 18.1 Å². The number of carbonyl (C=O) groups excluding carboxylic acids is 1. The van der Waals surface area contributed by atoms with Crippen LogP contribution in [0, 0.1) is 6.92 Å². The van der Waals surface area contributed by atoms with Gasteiger partial charge in [-0.1, -0.05) is 6.07 Å². The van der Waals surface area contributed by atoms with Gasteiger partial charge in [-0.05, 0) is 37.6 Å². The average molecular weight is 367 g/mol. The second kappa shape index (κ2) is 7.51. The molecule has 0 fully saturated rings. The third-order valence-electron chi connectivity index (χ3n) is 3.84. The molecule has 2 rings (SSSR count). The number of rotatable bonds is 4. The van der Waals surface area contributed by atoms with Crippen LogP contribution in [0.1, 0.15) is 35.5 Å². The third kappa shape index (κ3) is 4.35. The van der Waals surface area contributed by atoms with Crippen molar-refractivity contribution in [3.8, 4) is 0 Å². The second-order valence-electron chi connectivity index (χ2n) is 5.66. The quantitative estimate of drug-likeness (QED) is 0.840. The lowest BCUT2D eigenvalue weighted by Crippen LogP contribution is -2.38. The minimum atomic E-state index is -4.53. The molecule has 0 spiro atoms. The standard InChI is InChI=1S/C17H16F3N3O3/c1-10-4-3-7-21-14(10)11(2)23(15(24)16(25)26)9-13-6-5-12(8-22-13)17(18,19)20/h3-8,11H,9H2,1-2H3,(H,25,26). The van der Waals surface area contributed by atoms with Crippen LogP contribution in [-0.4, -0.2) is 31.9 Å². The smallest absolute Gasteiger partial charge is 0.417 e. The van der Waals surface area contributed by atoms with Crippen LogP contribution in [0.15, 0.2) is 36.7 Å². The van der Waals surface area contributed by atoms with Gasteiger partial charge in [0, 0.05) is 12.4 Å². The molecule has 2 aromatic rings. The van der Waals surface area contributed by atoms with E-state index in [9.17, 15) is 22.8 Å². The molecular formula is C17H16F3N3O3. The predicted octanol–water partition coefficient (Wildman–Crippen LogP) is 2.98. The van der Waals surface area contributed by atoms with Crippen molar-refractivity contribution in [2.24, 2.45) is 0 Å². The summed E-state index contributed by atoms with van der Waals surface area (Å²) in [4.78, 5) is 32.1. The van der Waals surface area contributed by atoms with E-state index in [-0.39, 0.29) is 12.2 Å². The highest BCUT2D eigenvalue weighted by atomic mass is 19.4. The normalized spacial score (nSPS) is 12.5. The van der Waals surface area contributed by atoms with E-state index in [0.29, 0.717) is 11.9 Å². The lowest BCUT2D eigenvalue weighted by molar-refractivity contribution is -0.157. The van der Waals surface area contributed by atoms with Gasteiger partial charge in [-0.2, -0.15) is 13.2 Å². The van der Waals surface area contributed by atoms with Crippen molar-refractivity contribution in [2.45, 2.75) is 32.6 Å². The molecule has 0 saturated carbocycles. The molecule has 0 aliphatic rings. The molecule has 0 saturated heterocycles. The molecule has 1 N–H and O–H groups in total. The van der Waals surface area contributed by atoms with Crippen molar-refractivity contribution in [3.63, 3.8) is 0 Å². The molecule has 0 aliphatic heterocycles. The molecule has 26 heavy (non-hydrogen) atoms. The van der Waals surface area contributed by atoms with E-state index in [4.69, 9.17) is 5.11 Å². The number of carboxylic acids is 1. The molecule has 9 heteroatoms. The van der Waals surface area contributed by atoms with E-state index in [0.717, 1.165) is 22.6 Å². The first-order valence-corrected chi connectivity index (χ1v) is 7.58. The van der Waals surface area contributed by atoms with E-state index < -0.39 is 29.7 Å². The average Bonchev–Trinajstić information content (AvgIpc) is 2.58. The Hall–Kier alpha value is -2.97. The van der Waals surface area contributed by atoms with Gasteiger partial charge in [0.1, 0.15) is 0 Å². The van der Waals surface area contributed by atoms with Crippen molar-refractivity contribution in [1.29, 1.82) is 0 Å². The van der Waals surface area contributed by atoms with Gasteiger partial charge in [0.25, 0.3) is 0 Å². The lowest BCUT2D eigenvalue weighted by Gasteiger charge is -2.28. The Labute approximate surface area is 147 Å². The number of halogens is 3. The SMILES string of the molecule is Cc1cccnc1C(C)N(Cc1ccc(C(F)(F)F)cn1)C(=O)C(=O)O. The molecule has 0 bridgehead atoms. The van der Waals surface area contributed by atoms with Gasteiger partial charge in [0.15, 0.2) is 0 Å². The molecule has 0 radical (unpaired) electrons. The van der Waals surface area contributed by atoms with E-state index in [1.807, 2.05) is 0 Å². The summed E-state index contributed by atoms with van der Waals surface area (Å²) in [5, 5.41) is 9.07. The second-order valence-corrected chi connectivity index (χ2v) is 5.66. The highest BCUT2D eigenvalue weighted by Crippen LogP contribution is 2.29. The Morgan fingerprint density at radius 3 is 2.42 bits per heavy atom. The molecule has 0 aromatic carbocycles. The summed E-state index contributed by atoms with van der Waals surface area (Å²) in [6.45, 7) is 3.10. The van der Waals surface area contributed by atoms with Gasteiger partial charge in [-0.15, -0.1) is 0 Å². The van der Waals surface area contributed by atoms with Crippen molar-refractivity contribution >= 4 is 11.9 Å². The van der Waals surface area contributed by atoms with Crippen LogP contribution in [-0.2, 0) is 22.3 Å². The zero-order chi connectivity index (χ0) is 19.5. The molecule has 2 aromatic heterocycles. The fourth-order valence-electron chi connectivity index (χ4n) is 2.45. The highest BCUT2D eigenvalue weighted by molar-refractivity contribution is 6.31. The summed E-state index contributed by atoms with van der Waals surface area (Å²) < 4.78 is 37.9. The summed E-state index contributed by atoms with van der Waals surface area (Å²) in [5.74, 6) is -2.86. The molecule has 1 amide bonds. The van der Waals surface area contributed by atoms with Crippen LogP contribution < -0.4 is 0 Å². The molecular weight excluding hydrogens is 351 g/mol. The predicted molar refractivity (Wildman–Crippen MR) is 84.8 cm³/mol. The Kier molecular flexibility index (Phi) is 5.59. The Balaban J connectivity index is 2.33. The van der Waals surface area contributed by atoms with Crippen molar-refractivity contribution in [3.05, 3.63) is 59.2 Å². The first kappa shape index (κ1) is 19.4. The summed E-state index contributed by atoms with van der Waals surface area (Å²) >= 11 is 0. The van der Waals surface area contributed by atoms with E-state index in [2.05, 4.69) is 9.97 Å². The summed E-state index contributed by atoms with van der Waals surface area (Å²) in [6, 6.07) is 4.71. The lowest BCUT2D eigenvalue weighted by atomic mass is 10.1. The van der Waals surface area contributed by atoms with E-state index >= 15 is 0 Å². The first-order valence-electron chi connectivity index (χ1n) is 7.58. The first-order chi connectivity index (χ1) is 12.1. The number of hydrogen-bond donors (Lipinski definition) is 1. The number of amides is 1. The number of nitrogens with zero attached hydrogens (tertiary/aromatic N) is 3. The Morgan fingerprint density at radius 2 is 1.92 bits per heavy atom. The topological polar surface area (TPSA) is 83.4 Å². The molecule has 1 unspecified atom stereocenters. The van der Waals surface area contributed by atoms with Gasteiger partial charge < -0.3 is 10.0 Å². The molecule has 0 aliphatic carbocycles. The summed E-state index contributed by atoms with van der Waals surface area (Å²) in [7, 11) is 0. The number of alkyl halides is 3. The maximum absolute atomic E-state index is 12.6. The number of aromatic nitrogens is 2. The number of aliphatic carboxylic acids is 1. The van der Waals surface area contributed by atoms with Crippen LogP contribution in [0.3, 0.4) is 0 Å². The minimum Gasteiger partial charge on any atom is -0.474 e. The van der Waals surface area contributed by atoms with Crippen LogP contribution in [0.5, 0.6) is 0 Å². The number of carboxylic acid groups (broad SMARTS) is 1. The Bertz CT molecular complexity index is 807. The third-order valence-corrected chi connectivity index (χ3v) is 3.84. The van der Waals surface area contributed by atoms with Crippen LogP contribution >= 0.6 is 0 Å². The van der Waals surface area contributed by atoms with Crippen LogP contribution in [0.4, 0.5) is 13.2 Å². The zero-order valence-electron chi connectivity index (χ0n) is 14.0. The number of pyridine rings is 2. The van der Waals surface area contributed by atoms with Crippen molar-refractivity contribution in [1.82, 2.24) is 14.9 Å². The Morgan fingerprint density at radius 1 is 1.23 bits per heavy atom. The van der Waals surface area contributed by atoms with Gasteiger partial charge in [-0.3, -0.25) is 14.8 Å². The zero-order valence-corrected chi connectivity index (χ0v) is 14.0. The molecule has 6 nitrogen and oxygen atoms in total. The summed E-state index contributed by atoms with van der Waals surface area (Å²) in [5.41, 5.74) is 0.455. The van der Waals surface area contributed by atoms with E-state index in [1.165, 1.54) is 6.20 Å². The minimum absolute atomic E-state index is 0.132. The van der Waals surface area contributed by atoms with Gasteiger partial charge in [-0.25, -0.2) is 4.79 Å². The maximum atomic E-state index is 12.6. The number of hydrogen-bond acceptors (Lipinski definition) is 4. The monoisotopic (exact) mass is 367 g/mol. The van der Waals surface area contributed by atoms with Crippen LogP contribution in [0.25, 0.3) is 0 Å². The van der Waals surface area contributed by atoms with Crippen molar-refractivity contribution < 1.29 is 27.9 Å². The van der Waals surface area contributed by atoms with Gasteiger partial charge in [0.05, 0.1) is 29.5 Å².